The number of carbonyl (C=O) groups excluding carboxylic acids is 2. The number of aliphatic hydroxyl groups excluding tert-OH is 1. The molecule has 5 nitrogen and oxygen atoms in total. The van der Waals surface area contributed by atoms with Crippen LogP contribution in [0.25, 0.3) is 0 Å². The van der Waals surface area contributed by atoms with Crippen molar-refractivity contribution in [2.24, 2.45) is 17.8 Å². The minimum absolute atomic E-state index is 0.0607. The Kier molecular flexibility index (Phi) is 10.4. The van der Waals surface area contributed by atoms with Gasteiger partial charge in [-0.25, -0.2) is 4.39 Å². The summed E-state index contributed by atoms with van der Waals surface area (Å²) in [5, 5.41) is 10.4. The molecule has 0 amide bonds. The van der Waals surface area contributed by atoms with Gasteiger partial charge in [0.15, 0.2) is 17.3 Å². The highest BCUT2D eigenvalue weighted by Gasteiger charge is 2.37. The quantitative estimate of drug-likeness (QED) is 0.225. The zero-order chi connectivity index (χ0) is 22.6. The van der Waals surface area contributed by atoms with Crippen molar-refractivity contribution in [2.45, 2.75) is 51.6 Å². The van der Waals surface area contributed by atoms with Gasteiger partial charge < -0.3 is 14.6 Å². The van der Waals surface area contributed by atoms with Crippen molar-refractivity contribution in [2.75, 3.05) is 13.7 Å². The Labute approximate surface area is 183 Å². The van der Waals surface area contributed by atoms with Gasteiger partial charge in [-0.3, -0.25) is 9.59 Å². The Hall–Kier alpha value is -2.47. The molecule has 1 aliphatic rings. The van der Waals surface area contributed by atoms with Gasteiger partial charge in [-0.05, 0) is 61.6 Å². The van der Waals surface area contributed by atoms with Crippen LogP contribution in [0, 0.1) is 23.6 Å². The van der Waals surface area contributed by atoms with E-state index in [2.05, 4.69) is 11.7 Å². The summed E-state index contributed by atoms with van der Waals surface area (Å²) in [6, 6.07) is 6.12. The number of unbranched alkanes of at least 4 members (excludes halogenated alkanes) is 1. The van der Waals surface area contributed by atoms with Crippen LogP contribution in [0.15, 0.2) is 48.6 Å². The minimum Gasteiger partial charge on any atom is -0.490 e. The van der Waals surface area contributed by atoms with Crippen LogP contribution in [-0.4, -0.2) is 36.7 Å². The molecule has 1 aromatic carbocycles. The third-order valence-electron chi connectivity index (χ3n) is 5.76. The number of hydrogen-bond donors (Lipinski definition) is 1. The number of aliphatic hydroxyl groups is 1. The van der Waals surface area contributed by atoms with E-state index in [1.165, 1.54) is 19.2 Å². The van der Waals surface area contributed by atoms with Crippen LogP contribution >= 0.6 is 0 Å². The number of hydrogen-bond acceptors (Lipinski definition) is 5. The molecule has 2 rings (SSSR count). The Morgan fingerprint density at radius 3 is 2.74 bits per heavy atom. The first kappa shape index (κ1) is 24.8. The topological polar surface area (TPSA) is 72.8 Å². The van der Waals surface area contributed by atoms with Crippen molar-refractivity contribution < 1.29 is 28.6 Å². The number of methoxy groups -OCH3 is 1. The highest BCUT2D eigenvalue weighted by atomic mass is 19.1. The standard InChI is InChI=1S/C25H33FO5/c1-18-17-23(28)21(9-5-3-4-6-12-25(29)30-2)20(18)14-13-19(27)15-16-31-24-11-8-7-10-22(24)26/h3,5,7-8,10-11,13-14,18,20-21,23,28H,4,6,9,12,15-17H2,1-2H3/b5-3+,14-13+. The summed E-state index contributed by atoms with van der Waals surface area (Å²) in [6.07, 6.45) is 10.7. The summed E-state index contributed by atoms with van der Waals surface area (Å²) < 4.78 is 23.5. The highest BCUT2D eigenvalue weighted by Crippen LogP contribution is 2.40. The summed E-state index contributed by atoms with van der Waals surface area (Å²) >= 11 is 0. The number of para-hydroxylation sites is 1. The summed E-state index contributed by atoms with van der Waals surface area (Å²) in [5.41, 5.74) is 0. The number of halogens is 1. The van der Waals surface area contributed by atoms with Crippen LogP contribution in [-0.2, 0) is 14.3 Å². The van der Waals surface area contributed by atoms with E-state index in [0.29, 0.717) is 12.8 Å². The molecule has 1 N–H and O–H groups in total. The molecule has 0 spiro atoms. The molecule has 170 valence electrons. The monoisotopic (exact) mass is 432 g/mol. The van der Waals surface area contributed by atoms with Gasteiger partial charge in [0.05, 0.1) is 19.8 Å². The molecule has 1 aromatic rings. The second kappa shape index (κ2) is 13.1. The van der Waals surface area contributed by atoms with E-state index in [9.17, 15) is 19.1 Å². The second-order valence-electron chi connectivity index (χ2n) is 8.05. The van der Waals surface area contributed by atoms with Crippen LogP contribution in [0.1, 0.15) is 45.4 Å². The lowest BCUT2D eigenvalue weighted by Gasteiger charge is -2.19. The Morgan fingerprint density at radius 1 is 1.23 bits per heavy atom. The summed E-state index contributed by atoms with van der Waals surface area (Å²) in [6.45, 7) is 2.20. The Balaban J connectivity index is 1.79. The van der Waals surface area contributed by atoms with Crippen molar-refractivity contribution in [1.82, 2.24) is 0 Å². The van der Waals surface area contributed by atoms with E-state index in [0.717, 1.165) is 19.3 Å². The molecule has 1 fully saturated rings. The third kappa shape index (κ3) is 8.29. The molecular formula is C25H33FO5. The zero-order valence-electron chi connectivity index (χ0n) is 18.3. The lowest BCUT2D eigenvalue weighted by atomic mass is 9.87. The average molecular weight is 433 g/mol. The van der Waals surface area contributed by atoms with E-state index in [1.54, 1.807) is 18.2 Å². The lowest BCUT2D eigenvalue weighted by molar-refractivity contribution is -0.140. The first-order valence-corrected chi connectivity index (χ1v) is 10.9. The fourth-order valence-electron chi connectivity index (χ4n) is 4.00. The molecule has 1 aliphatic carbocycles. The van der Waals surface area contributed by atoms with Crippen LogP contribution in [0.5, 0.6) is 5.75 Å². The first-order chi connectivity index (χ1) is 14.9. The number of rotatable bonds is 12. The maximum atomic E-state index is 13.5. The van der Waals surface area contributed by atoms with Gasteiger partial charge in [-0.2, -0.15) is 0 Å². The summed E-state index contributed by atoms with van der Waals surface area (Å²) in [4.78, 5) is 23.3. The molecule has 31 heavy (non-hydrogen) atoms. The normalized spacial score (nSPS) is 23.5. The number of esters is 1. The number of allylic oxidation sites excluding steroid dienone is 4. The molecule has 0 radical (unpaired) electrons. The molecule has 4 atom stereocenters. The largest absolute Gasteiger partial charge is 0.490 e. The van der Waals surface area contributed by atoms with E-state index < -0.39 is 11.9 Å². The Morgan fingerprint density at radius 2 is 2.00 bits per heavy atom. The van der Waals surface area contributed by atoms with Gasteiger partial charge in [0, 0.05) is 12.8 Å². The fraction of sp³-hybridized carbons (Fsp3) is 0.520. The van der Waals surface area contributed by atoms with Crippen LogP contribution in [0.2, 0.25) is 0 Å². The van der Waals surface area contributed by atoms with E-state index in [4.69, 9.17) is 4.74 Å². The fourth-order valence-corrected chi connectivity index (χ4v) is 4.00. The third-order valence-corrected chi connectivity index (χ3v) is 5.76. The van der Waals surface area contributed by atoms with Gasteiger partial charge >= 0.3 is 5.97 Å². The molecule has 0 aliphatic heterocycles. The number of ether oxygens (including phenoxy) is 2. The van der Waals surface area contributed by atoms with Gasteiger partial charge in [0.1, 0.15) is 0 Å². The number of ketones is 1. The molecule has 6 heteroatoms. The summed E-state index contributed by atoms with van der Waals surface area (Å²) in [5.74, 6) is -0.126. The predicted octanol–water partition coefficient (Wildman–Crippen LogP) is 4.64. The van der Waals surface area contributed by atoms with E-state index in [1.807, 2.05) is 18.2 Å². The second-order valence-corrected chi connectivity index (χ2v) is 8.05. The van der Waals surface area contributed by atoms with E-state index >= 15 is 0 Å². The molecule has 0 bridgehead atoms. The van der Waals surface area contributed by atoms with Crippen LogP contribution in [0.3, 0.4) is 0 Å². The van der Waals surface area contributed by atoms with Gasteiger partial charge in [-0.1, -0.05) is 37.3 Å². The van der Waals surface area contributed by atoms with Gasteiger partial charge in [0.25, 0.3) is 0 Å². The average Bonchev–Trinajstić information content (AvgIpc) is 3.02. The van der Waals surface area contributed by atoms with E-state index in [-0.39, 0.29) is 48.3 Å². The molecule has 4 unspecified atom stereocenters. The van der Waals surface area contributed by atoms with Crippen molar-refractivity contribution >= 4 is 11.8 Å². The van der Waals surface area contributed by atoms with Crippen molar-refractivity contribution in [3.05, 3.63) is 54.4 Å². The number of carbonyl (C=O) groups is 2. The van der Waals surface area contributed by atoms with Crippen LogP contribution in [0.4, 0.5) is 4.39 Å². The smallest absolute Gasteiger partial charge is 0.305 e. The molecule has 0 heterocycles. The number of benzene rings is 1. The van der Waals surface area contributed by atoms with Crippen molar-refractivity contribution in [3.8, 4) is 5.75 Å². The molecular weight excluding hydrogens is 399 g/mol. The lowest BCUT2D eigenvalue weighted by Crippen LogP contribution is -2.18. The maximum Gasteiger partial charge on any atom is 0.305 e. The zero-order valence-corrected chi connectivity index (χ0v) is 18.3. The Bertz CT molecular complexity index is 773. The molecule has 0 aromatic heterocycles. The maximum absolute atomic E-state index is 13.5. The predicted molar refractivity (Wildman–Crippen MR) is 117 cm³/mol. The minimum atomic E-state index is -0.444. The molecule has 0 saturated heterocycles. The summed E-state index contributed by atoms with van der Waals surface area (Å²) in [7, 11) is 1.38. The van der Waals surface area contributed by atoms with Crippen molar-refractivity contribution in [1.29, 1.82) is 0 Å². The van der Waals surface area contributed by atoms with Crippen molar-refractivity contribution in [3.63, 3.8) is 0 Å². The van der Waals surface area contributed by atoms with Gasteiger partial charge in [0.2, 0.25) is 0 Å². The van der Waals surface area contributed by atoms with Gasteiger partial charge in [-0.15, -0.1) is 0 Å². The SMILES string of the molecule is COC(=O)CCC/C=C/CC1C(O)CC(C)C1/C=C/C(=O)CCOc1ccccc1F. The molecule has 1 saturated carbocycles. The highest BCUT2D eigenvalue weighted by molar-refractivity contribution is 5.89. The van der Waals surface area contributed by atoms with Crippen LogP contribution < -0.4 is 4.74 Å². The first-order valence-electron chi connectivity index (χ1n) is 10.9.